The number of sulfonamides is 1. The summed E-state index contributed by atoms with van der Waals surface area (Å²) in [5, 5.41) is 1.63. The molecule has 8 heteroatoms. The molecule has 0 unspecified atom stereocenters. The number of carbonyl (C=O) groups excluding carboxylic acids is 1. The lowest BCUT2D eigenvalue weighted by Crippen LogP contribution is -2.12. The molecule has 6 nitrogen and oxygen atoms in total. The Bertz CT molecular complexity index is 711. The quantitative estimate of drug-likeness (QED) is 0.825. The Morgan fingerprint density at radius 1 is 1.33 bits per heavy atom. The fraction of sp³-hybridized carbons (Fsp3) is 0.231. The van der Waals surface area contributed by atoms with Crippen molar-refractivity contribution in [3.05, 3.63) is 35.7 Å². The van der Waals surface area contributed by atoms with Gasteiger partial charge in [0, 0.05) is 6.42 Å². The van der Waals surface area contributed by atoms with E-state index in [0.717, 1.165) is 11.3 Å². The number of nitrogens with zero attached hydrogens (tertiary/aromatic N) is 1. The van der Waals surface area contributed by atoms with Crippen LogP contribution in [-0.2, 0) is 14.8 Å². The molecule has 21 heavy (non-hydrogen) atoms. The maximum absolute atomic E-state index is 12.1. The molecule has 1 N–H and O–H groups in total. The van der Waals surface area contributed by atoms with Gasteiger partial charge in [-0.2, -0.15) is 4.98 Å². The van der Waals surface area contributed by atoms with Crippen LogP contribution in [0.15, 0.2) is 40.6 Å². The Labute approximate surface area is 126 Å². The molecule has 0 saturated heterocycles. The number of carbonyl (C=O) groups is 1. The van der Waals surface area contributed by atoms with Gasteiger partial charge in [-0.05, 0) is 18.6 Å². The summed E-state index contributed by atoms with van der Waals surface area (Å²) in [4.78, 5) is 15.4. The Kier molecular flexibility index (Phi) is 4.92. The summed E-state index contributed by atoms with van der Waals surface area (Å²) < 4.78 is 31.5. The van der Waals surface area contributed by atoms with Crippen LogP contribution in [0.1, 0.15) is 19.8 Å². The summed E-state index contributed by atoms with van der Waals surface area (Å²) in [7, 11) is -3.68. The number of aromatic nitrogens is 1. The topological polar surface area (TPSA) is 85.4 Å². The van der Waals surface area contributed by atoms with Crippen LogP contribution in [-0.4, -0.2) is 19.4 Å². The second-order valence-corrected chi connectivity index (χ2v) is 6.67. The predicted molar refractivity (Wildman–Crippen MR) is 79.9 cm³/mol. The van der Waals surface area contributed by atoms with Crippen molar-refractivity contribution in [2.24, 2.45) is 0 Å². The molecule has 1 aromatic heterocycles. The third-order valence-corrected chi connectivity index (χ3v) is 4.65. The lowest BCUT2D eigenvalue weighted by molar-refractivity contribution is -0.134. The van der Waals surface area contributed by atoms with Crippen molar-refractivity contribution in [2.45, 2.75) is 24.7 Å². The number of benzene rings is 1. The fourth-order valence-electron chi connectivity index (χ4n) is 1.50. The predicted octanol–water partition coefficient (Wildman–Crippen LogP) is 2.65. The molecule has 0 aliphatic carbocycles. The Balaban J connectivity index is 2.07. The molecule has 0 spiro atoms. The van der Waals surface area contributed by atoms with Crippen molar-refractivity contribution in [1.82, 2.24) is 4.98 Å². The smallest absolute Gasteiger partial charge is 0.312 e. The first-order valence-corrected chi connectivity index (χ1v) is 8.61. The van der Waals surface area contributed by atoms with Gasteiger partial charge in [0.05, 0.1) is 10.3 Å². The average Bonchev–Trinajstić information content (AvgIpc) is 2.86. The van der Waals surface area contributed by atoms with Crippen LogP contribution in [0.4, 0.5) is 5.13 Å². The molecule has 0 amide bonds. The number of esters is 1. The van der Waals surface area contributed by atoms with Gasteiger partial charge in [0.25, 0.3) is 10.0 Å². The van der Waals surface area contributed by atoms with Gasteiger partial charge in [-0.15, -0.1) is 11.3 Å². The summed E-state index contributed by atoms with van der Waals surface area (Å²) in [5.74, 6) is -0.288. The number of thiazole rings is 1. The Morgan fingerprint density at radius 2 is 2.05 bits per heavy atom. The Morgan fingerprint density at radius 3 is 2.71 bits per heavy atom. The highest BCUT2D eigenvalue weighted by Crippen LogP contribution is 2.24. The van der Waals surface area contributed by atoms with Crippen molar-refractivity contribution in [3.8, 4) is 5.88 Å². The van der Waals surface area contributed by atoms with Crippen LogP contribution in [0.2, 0.25) is 0 Å². The van der Waals surface area contributed by atoms with Gasteiger partial charge < -0.3 is 4.74 Å². The first-order chi connectivity index (χ1) is 10.0. The van der Waals surface area contributed by atoms with Gasteiger partial charge in [-0.3, -0.25) is 9.52 Å². The van der Waals surface area contributed by atoms with E-state index in [0.29, 0.717) is 12.8 Å². The second-order valence-electron chi connectivity index (χ2n) is 4.13. The molecule has 0 atom stereocenters. The molecule has 0 bridgehead atoms. The molecule has 0 fully saturated rings. The highest BCUT2D eigenvalue weighted by atomic mass is 32.2. The lowest BCUT2D eigenvalue weighted by atomic mass is 10.3. The maximum Gasteiger partial charge on any atom is 0.312 e. The number of hydrogen-bond acceptors (Lipinski definition) is 6. The molecular weight excluding hydrogens is 312 g/mol. The van der Waals surface area contributed by atoms with Crippen LogP contribution < -0.4 is 9.46 Å². The largest absolute Gasteiger partial charge is 0.406 e. The van der Waals surface area contributed by atoms with Crippen molar-refractivity contribution in [3.63, 3.8) is 0 Å². The SMILES string of the molecule is CCCC(=O)Oc1csc(NS(=O)(=O)c2ccccc2)n1. The number of anilines is 1. The summed E-state index contributed by atoms with van der Waals surface area (Å²) in [6.45, 7) is 1.86. The van der Waals surface area contributed by atoms with E-state index in [2.05, 4.69) is 9.71 Å². The standard InChI is InChI=1S/C13H14N2O4S2/c1-2-6-12(16)19-11-9-20-13(14-11)15-21(17,18)10-7-4-3-5-8-10/h3-5,7-9H,2,6H2,1H3,(H,14,15). The van der Waals surface area contributed by atoms with E-state index >= 15 is 0 Å². The number of rotatable bonds is 6. The van der Waals surface area contributed by atoms with Crippen LogP contribution in [0.3, 0.4) is 0 Å². The third-order valence-electron chi connectivity index (χ3n) is 2.43. The van der Waals surface area contributed by atoms with Crippen LogP contribution >= 0.6 is 11.3 Å². The maximum atomic E-state index is 12.1. The van der Waals surface area contributed by atoms with E-state index in [4.69, 9.17) is 4.74 Å². The summed E-state index contributed by atoms with van der Waals surface area (Å²) in [5.41, 5.74) is 0. The van der Waals surface area contributed by atoms with Gasteiger partial charge >= 0.3 is 5.97 Å². The van der Waals surface area contributed by atoms with E-state index in [1.165, 1.54) is 17.5 Å². The van der Waals surface area contributed by atoms with E-state index in [-0.39, 0.29) is 21.9 Å². The number of ether oxygens (including phenoxy) is 1. The number of nitrogens with one attached hydrogen (secondary N) is 1. The van der Waals surface area contributed by atoms with Crippen molar-refractivity contribution in [1.29, 1.82) is 0 Å². The van der Waals surface area contributed by atoms with Crippen LogP contribution in [0, 0.1) is 0 Å². The zero-order valence-corrected chi connectivity index (χ0v) is 12.9. The molecule has 0 aliphatic heterocycles. The molecule has 0 aliphatic rings. The molecule has 112 valence electrons. The molecular formula is C13H14N2O4S2. The lowest BCUT2D eigenvalue weighted by Gasteiger charge is -2.04. The van der Waals surface area contributed by atoms with Gasteiger partial charge in [0.1, 0.15) is 0 Å². The van der Waals surface area contributed by atoms with E-state index in [1.807, 2.05) is 6.92 Å². The van der Waals surface area contributed by atoms with Crippen molar-refractivity contribution in [2.75, 3.05) is 4.72 Å². The van der Waals surface area contributed by atoms with Gasteiger partial charge in [0.2, 0.25) is 5.88 Å². The first kappa shape index (κ1) is 15.5. The zero-order valence-electron chi connectivity index (χ0n) is 11.3. The van der Waals surface area contributed by atoms with Gasteiger partial charge in [0.15, 0.2) is 5.13 Å². The molecule has 1 heterocycles. The second kappa shape index (κ2) is 6.68. The van der Waals surface area contributed by atoms with Gasteiger partial charge in [-0.1, -0.05) is 25.1 Å². The first-order valence-electron chi connectivity index (χ1n) is 6.25. The van der Waals surface area contributed by atoms with E-state index < -0.39 is 10.0 Å². The minimum atomic E-state index is -3.68. The fourth-order valence-corrected chi connectivity index (χ4v) is 3.38. The zero-order chi connectivity index (χ0) is 15.3. The Hall–Kier alpha value is -1.93. The third kappa shape index (κ3) is 4.27. The molecule has 2 aromatic rings. The van der Waals surface area contributed by atoms with E-state index in [1.54, 1.807) is 18.2 Å². The summed E-state index contributed by atoms with van der Waals surface area (Å²) in [6.07, 6.45) is 0.971. The highest BCUT2D eigenvalue weighted by Gasteiger charge is 2.16. The average molecular weight is 326 g/mol. The van der Waals surface area contributed by atoms with Gasteiger partial charge in [-0.25, -0.2) is 8.42 Å². The van der Waals surface area contributed by atoms with Crippen molar-refractivity contribution < 1.29 is 17.9 Å². The molecule has 0 radical (unpaired) electrons. The minimum absolute atomic E-state index is 0.101. The normalized spacial score (nSPS) is 11.1. The number of hydrogen-bond donors (Lipinski definition) is 1. The summed E-state index contributed by atoms with van der Waals surface area (Å²) >= 11 is 1.05. The molecule has 1 aromatic carbocycles. The van der Waals surface area contributed by atoms with Crippen LogP contribution in [0.25, 0.3) is 0 Å². The van der Waals surface area contributed by atoms with E-state index in [9.17, 15) is 13.2 Å². The summed E-state index contributed by atoms with van der Waals surface area (Å²) in [6, 6.07) is 7.96. The highest BCUT2D eigenvalue weighted by molar-refractivity contribution is 7.93. The van der Waals surface area contributed by atoms with Crippen molar-refractivity contribution >= 4 is 32.5 Å². The molecule has 2 rings (SSSR count). The van der Waals surface area contributed by atoms with Crippen LogP contribution in [0.5, 0.6) is 5.88 Å². The monoisotopic (exact) mass is 326 g/mol. The minimum Gasteiger partial charge on any atom is -0.406 e. The molecule has 0 saturated carbocycles.